The highest BCUT2D eigenvalue weighted by Crippen LogP contribution is 2.45. The number of thioether (sulfide) groups is 1. The van der Waals surface area contributed by atoms with Gasteiger partial charge in [0.05, 0.1) is 11.9 Å². The molecule has 1 unspecified atom stereocenters. The van der Waals surface area contributed by atoms with Gasteiger partial charge in [-0.05, 0) is 25.0 Å². The number of aromatic nitrogens is 3. The van der Waals surface area contributed by atoms with Gasteiger partial charge >= 0.3 is 5.97 Å². The molecule has 0 radical (unpaired) electrons. The minimum Gasteiger partial charge on any atom is -0.460 e. The highest BCUT2D eigenvalue weighted by molar-refractivity contribution is 7.99. The quantitative estimate of drug-likeness (QED) is 0.812. The van der Waals surface area contributed by atoms with Crippen molar-refractivity contribution >= 4 is 17.7 Å². The van der Waals surface area contributed by atoms with E-state index in [4.69, 9.17) is 4.74 Å². The fourth-order valence-electron chi connectivity index (χ4n) is 2.29. The molecular formula is C14H15N3O2S. The molecule has 0 saturated heterocycles. The summed E-state index contributed by atoms with van der Waals surface area (Å²) in [7, 11) is 1.81. The Hall–Kier alpha value is -1.82. The van der Waals surface area contributed by atoms with Crippen LogP contribution in [0.1, 0.15) is 34.2 Å². The molecule has 0 aliphatic carbocycles. The molecule has 20 heavy (non-hydrogen) atoms. The Morgan fingerprint density at radius 2 is 2.30 bits per heavy atom. The fourth-order valence-corrected chi connectivity index (χ4v) is 3.63. The van der Waals surface area contributed by atoms with Crippen molar-refractivity contribution < 1.29 is 9.53 Å². The molecule has 5 nitrogen and oxygen atoms in total. The number of aryl methyl sites for hydroxylation is 1. The first kappa shape index (κ1) is 13.2. The summed E-state index contributed by atoms with van der Waals surface area (Å²) in [5.41, 5.74) is 1.32. The summed E-state index contributed by atoms with van der Waals surface area (Å²) in [6, 6.07) is 8.32. The molecule has 0 saturated carbocycles. The normalized spacial score (nSPS) is 17.0. The number of benzene rings is 1. The molecule has 104 valence electrons. The largest absolute Gasteiger partial charge is 0.460 e. The van der Waals surface area contributed by atoms with E-state index in [2.05, 4.69) is 22.2 Å². The standard InChI is InChI=1S/C14H15N3O2S/c1-3-19-14(18)12-15-13(17(2)16-12)11-8-9-6-4-5-7-10(9)20-11/h4-7,11H,3,8H2,1-2H3. The van der Waals surface area contributed by atoms with Crippen LogP contribution in [0, 0.1) is 0 Å². The summed E-state index contributed by atoms with van der Waals surface area (Å²) >= 11 is 1.77. The minimum absolute atomic E-state index is 0.140. The van der Waals surface area contributed by atoms with E-state index in [1.165, 1.54) is 10.5 Å². The molecule has 0 amide bonds. The minimum atomic E-state index is -0.463. The maximum Gasteiger partial charge on any atom is 0.378 e. The molecule has 1 atom stereocenters. The molecule has 1 aliphatic rings. The lowest BCUT2D eigenvalue weighted by atomic mass is 10.1. The Bertz CT molecular complexity index is 629. The predicted molar refractivity (Wildman–Crippen MR) is 75.7 cm³/mol. The SMILES string of the molecule is CCOC(=O)c1nc(C2Cc3ccccc3S2)n(C)n1. The lowest BCUT2D eigenvalue weighted by Gasteiger charge is -2.05. The van der Waals surface area contributed by atoms with Gasteiger partial charge in [-0.25, -0.2) is 9.78 Å². The maximum absolute atomic E-state index is 11.7. The number of hydrogen-bond donors (Lipinski definition) is 0. The van der Waals surface area contributed by atoms with E-state index in [1.807, 2.05) is 19.2 Å². The van der Waals surface area contributed by atoms with Crippen LogP contribution in [0.2, 0.25) is 0 Å². The second kappa shape index (κ2) is 5.28. The molecule has 0 bridgehead atoms. The summed E-state index contributed by atoms with van der Waals surface area (Å²) in [6.45, 7) is 2.10. The van der Waals surface area contributed by atoms with Crippen LogP contribution in [0.15, 0.2) is 29.2 Å². The second-order valence-corrected chi connectivity index (χ2v) is 5.80. The summed E-state index contributed by atoms with van der Waals surface area (Å²) in [6.07, 6.45) is 0.912. The summed E-state index contributed by atoms with van der Waals surface area (Å²) in [4.78, 5) is 17.3. The second-order valence-electron chi connectivity index (χ2n) is 4.56. The number of carbonyl (C=O) groups excluding carboxylic acids is 1. The van der Waals surface area contributed by atoms with Crippen LogP contribution in [0.5, 0.6) is 0 Å². The van der Waals surface area contributed by atoms with E-state index < -0.39 is 5.97 Å². The van der Waals surface area contributed by atoms with Crippen LogP contribution in [0.3, 0.4) is 0 Å². The molecule has 0 fully saturated rings. The van der Waals surface area contributed by atoms with E-state index in [0.29, 0.717) is 6.61 Å². The zero-order chi connectivity index (χ0) is 14.1. The van der Waals surface area contributed by atoms with Crippen molar-refractivity contribution in [2.75, 3.05) is 6.61 Å². The number of fused-ring (bicyclic) bond motifs is 1. The first-order valence-electron chi connectivity index (χ1n) is 6.51. The Labute approximate surface area is 121 Å². The van der Waals surface area contributed by atoms with Crippen molar-refractivity contribution in [3.8, 4) is 0 Å². The maximum atomic E-state index is 11.7. The van der Waals surface area contributed by atoms with Gasteiger partial charge in [-0.3, -0.25) is 4.68 Å². The van der Waals surface area contributed by atoms with Gasteiger partial charge in [-0.1, -0.05) is 18.2 Å². The van der Waals surface area contributed by atoms with Crippen molar-refractivity contribution in [1.82, 2.24) is 14.8 Å². The number of rotatable bonds is 3. The Kier molecular flexibility index (Phi) is 3.48. The number of esters is 1. The number of nitrogens with zero attached hydrogens (tertiary/aromatic N) is 3. The lowest BCUT2D eigenvalue weighted by Crippen LogP contribution is -2.07. The van der Waals surface area contributed by atoms with Crippen molar-refractivity contribution in [2.45, 2.75) is 23.5 Å². The van der Waals surface area contributed by atoms with Crippen LogP contribution >= 0.6 is 11.8 Å². The van der Waals surface area contributed by atoms with Crippen molar-refractivity contribution in [3.05, 3.63) is 41.5 Å². The molecule has 6 heteroatoms. The van der Waals surface area contributed by atoms with Gasteiger partial charge in [0.25, 0.3) is 5.82 Å². The average Bonchev–Trinajstić information content (AvgIpc) is 3.01. The van der Waals surface area contributed by atoms with Crippen LogP contribution < -0.4 is 0 Å². The summed E-state index contributed by atoms with van der Waals surface area (Å²) in [5.74, 6) is 0.491. The molecular weight excluding hydrogens is 274 g/mol. The van der Waals surface area contributed by atoms with Gasteiger partial charge in [0.1, 0.15) is 5.82 Å². The summed E-state index contributed by atoms with van der Waals surface area (Å²) in [5, 5.41) is 4.36. The Balaban J connectivity index is 1.84. The van der Waals surface area contributed by atoms with Crippen LogP contribution in [-0.4, -0.2) is 27.3 Å². The van der Waals surface area contributed by atoms with E-state index >= 15 is 0 Å². The van der Waals surface area contributed by atoms with Gasteiger partial charge in [0, 0.05) is 11.9 Å². The lowest BCUT2D eigenvalue weighted by molar-refractivity contribution is 0.0512. The van der Waals surface area contributed by atoms with Gasteiger partial charge in [0.2, 0.25) is 0 Å². The van der Waals surface area contributed by atoms with E-state index in [0.717, 1.165) is 12.2 Å². The third-order valence-electron chi connectivity index (χ3n) is 3.19. The van der Waals surface area contributed by atoms with Crippen molar-refractivity contribution in [3.63, 3.8) is 0 Å². The molecule has 3 rings (SSSR count). The van der Waals surface area contributed by atoms with Gasteiger partial charge < -0.3 is 4.74 Å². The first-order chi connectivity index (χ1) is 9.69. The molecule has 0 N–H and O–H groups in total. The predicted octanol–water partition coefficient (Wildman–Crippen LogP) is 2.38. The van der Waals surface area contributed by atoms with E-state index in [-0.39, 0.29) is 11.1 Å². The zero-order valence-electron chi connectivity index (χ0n) is 11.4. The topological polar surface area (TPSA) is 57.0 Å². The number of hydrogen-bond acceptors (Lipinski definition) is 5. The third-order valence-corrected chi connectivity index (χ3v) is 4.50. The fraction of sp³-hybridized carbons (Fsp3) is 0.357. The molecule has 0 spiro atoms. The Morgan fingerprint density at radius 1 is 1.50 bits per heavy atom. The zero-order valence-corrected chi connectivity index (χ0v) is 12.2. The van der Waals surface area contributed by atoms with Crippen LogP contribution in [0.4, 0.5) is 0 Å². The Morgan fingerprint density at radius 3 is 3.05 bits per heavy atom. The highest BCUT2D eigenvalue weighted by atomic mass is 32.2. The summed E-state index contributed by atoms with van der Waals surface area (Å²) < 4.78 is 6.61. The van der Waals surface area contributed by atoms with Gasteiger partial charge in [0.15, 0.2) is 0 Å². The third kappa shape index (κ3) is 2.31. The van der Waals surface area contributed by atoms with Crippen LogP contribution in [-0.2, 0) is 18.2 Å². The average molecular weight is 289 g/mol. The van der Waals surface area contributed by atoms with Gasteiger partial charge in [-0.15, -0.1) is 16.9 Å². The molecule has 1 aromatic heterocycles. The monoisotopic (exact) mass is 289 g/mol. The van der Waals surface area contributed by atoms with Crippen LogP contribution in [0.25, 0.3) is 0 Å². The smallest absolute Gasteiger partial charge is 0.378 e. The van der Waals surface area contributed by atoms with E-state index in [1.54, 1.807) is 23.4 Å². The van der Waals surface area contributed by atoms with Gasteiger partial charge in [-0.2, -0.15) is 0 Å². The number of carbonyl (C=O) groups is 1. The van der Waals surface area contributed by atoms with Crippen molar-refractivity contribution in [2.24, 2.45) is 7.05 Å². The highest BCUT2D eigenvalue weighted by Gasteiger charge is 2.28. The van der Waals surface area contributed by atoms with E-state index in [9.17, 15) is 4.79 Å². The molecule has 1 aliphatic heterocycles. The number of ether oxygens (including phenoxy) is 1. The molecule has 2 aromatic rings. The first-order valence-corrected chi connectivity index (χ1v) is 7.39. The molecule has 2 heterocycles. The van der Waals surface area contributed by atoms with Crippen molar-refractivity contribution in [1.29, 1.82) is 0 Å². The molecule has 1 aromatic carbocycles.